The van der Waals surface area contributed by atoms with Gasteiger partial charge in [-0.1, -0.05) is 24.9 Å². The van der Waals surface area contributed by atoms with E-state index in [1.54, 1.807) is 0 Å². The van der Waals surface area contributed by atoms with E-state index in [2.05, 4.69) is 27.5 Å². The lowest BCUT2D eigenvalue weighted by Crippen LogP contribution is -2.43. The van der Waals surface area contributed by atoms with E-state index in [4.69, 9.17) is 23.2 Å². The lowest BCUT2D eigenvalue weighted by Gasteiger charge is -2.32. The van der Waals surface area contributed by atoms with Crippen molar-refractivity contribution in [1.29, 1.82) is 0 Å². The highest BCUT2D eigenvalue weighted by Gasteiger charge is 2.24. The van der Waals surface area contributed by atoms with Crippen LogP contribution in [-0.4, -0.2) is 29.1 Å². The second-order valence-electron chi connectivity index (χ2n) is 4.25. The Labute approximate surface area is 111 Å². The fourth-order valence-corrected chi connectivity index (χ4v) is 2.44. The van der Waals surface area contributed by atoms with Crippen LogP contribution in [0.2, 0.25) is 10.3 Å². The van der Waals surface area contributed by atoms with E-state index in [1.807, 2.05) is 0 Å². The molecule has 1 fully saturated rings. The van der Waals surface area contributed by atoms with Gasteiger partial charge in [0.1, 0.15) is 10.8 Å². The molecule has 2 atom stereocenters. The highest BCUT2D eigenvalue weighted by atomic mass is 35.5. The van der Waals surface area contributed by atoms with Crippen LogP contribution < -0.4 is 10.6 Å². The molecule has 0 amide bonds. The van der Waals surface area contributed by atoms with Gasteiger partial charge in [0.2, 0.25) is 5.28 Å². The van der Waals surface area contributed by atoms with Gasteiger partial charge in [-0.05, 0) is 37.0 Å². The molecule has 17 heavy (non-hydrogen) atoms. The van der Waals surface area contributed by atoms with Crippen molar-refractivity contribution in [2.45, 2.75) is 25.8 Å². The van der Waals surface area contributed by atoms with Gasteiger partial charge in [-0.15, -0.1) is 0 Å². The Balaban J connectivity index is 2.10. The SMILES string of the molecule is CCC1CNCCC1Nc1nc(Cl)ncc1Cl. The van der Waals surface area contributed by atoms with E-state index in [9.17, 15) is 0 Å². The van der Waals surface area contributed by atoms with Gasteiger partial charge in [0.25, 0.3) is 0 Å². The summed E-state index contributed by atoms with van der Waals surface area (Å²) in [5.41, 5.74) is 0. The van der Waals surface area contributed by atoms with Crippen LogP contribution in [0.25, 0.3) is 0 Å². The molecule has 2 heterocycles. The first-order valence-corrected chi connectivity index (χ1v) is 6.61. The highest BCUT2D eigenvalue weighted by molar-refractivity contribution is 6.33. The summed E-state index contributed by atoms with van der Waals surface area (Å²) in [6.45, 7) is 4.25. The molecule has 0 aromatic carbocycles. The van der Waals surface area contributed by atoms with E-state index in [0.29, 0.717) is 22.8 Å². The van der Waals surface area contributed by atoms with Gasteiger partial charge in [0.15, 0.2) is 0 Å². The number of halogens is 2. The summed E-state index contributed by atoms with van der Waals surface area (Å²) in [4.78, 5) is 7.97. The molecular formula is C11H16Cl2N4. The lowest BCUT2D eigenvalue weighted by atomic mass is 9.91. The quantitative estimate of drug-likeness (QED) is 0.832. The first-order chi connectivity index (χ1) is 8.20. The van der Waals surface area contributed by atoms with Crippen molar-refractivity contribution in [3.8, 4) is 0 Å². The molecule has 0 saturated carbocycles. The van der Waals surface area contributed by atoms with E-state index in [0.717, 1.165) is 25.9 Å². The van der Waals surface area contributed by atoms with Crippen molar-refractivity contribution in [3.05, 3.63) is 16.5 Å². The largest absolute Gasteiger partial charge is 0.366 e. The summed E-state index contributed by atoms with van der Waals surface area (Å²) >= 11 is 11.8. The molecule has 0 spiro atoms. The standard InChI is InChI=1S/C11H16Cl2N4/c1-2-7-5-14-4-3-9(7)16-10-8(12)6-15-11(13)17-10/h6-7,9,14H,2-5H2,1H3,(H,15,16,17). The molecule has 2 unspecified atom stereocenters. The summed E-state index contributed by atoms with van der Waals surface area (Å²) in [6, 6.07) is 0.393. The third-order valence-corrected chi connectivity index (χ3v) is 3.63. The van der Waals surface area contributed by atoms with E-state index in [-0.39, 0.29) is 5.28 Å². The summed E-state index contributed by atoms with van der Waals surface area (Å²) in [5, 5.41) is 7.52. The Morgan fingerprint density at radius 2 is 2.35 bits per heavy atom. The highest BCUT2D eigenvalue weighted by Crippen LogP contribution is 2.24. The maximum Gasteiger partial charge on any atom is 0.224 e. The van der Waals surface area contributed by atoms with Gasteiger partial charge >= 0.3 is 0 Å². The predicted octanol–water partition coefficient (Wildman–Crippen LogP) is 2.58. The maximum absolute atomic E-state index is 6.04. The maximum atomic E-state index is 6.04. The minimum atomic E-state index is 0.221. The Morgan fingerprint density at radius 1 is 1.53 bits per heavy atom. The minimum absolute atomic E-state index is 0.221. The Kier molecular flexibility index (Phi) is 4.42. The van der Waals surface area contributed by atoms with Gasteiger partial charge in [0, 0.05) is 6.04 Å². The van der Waals surface area contributed by atoms with Crippen molar-refractivity contribution < 1.29 is 0 Å². The van der Waals surface area contributed by atoms with Gasteiger partial charge in [-0.25, -0.2) is 4.98 Å². The Bertz CT molecular complexity index is 386. The molecule has 2 rings (SSSR count). The molecule has 4 nitrogen and oxygen atoms in total. The van der Waals surface area contributed by atoms with Crippen LogP contribution >= 0.6 is 23.2 Å². The first-order valence-electron chi connectivity index (χ1n) is 5.86. The molecule has 1 aromatic heterocycles. The molecule has 1 aromatic rings. The number of aromatic nitrogens is 2. The molecule has 1 aliphatic heterocycles. The van der Waals surface area contributed by atoms with E-state index in [1.165, 1.54) is 6.20 Å². The van der Waals surface area contributed by atoms with Crippen LogP contribution in [0.4, 0.5) is 5.82 Å². The Morgan fingerprint density at radius 3 is 3.12 bits per heavy atom. The number of nitrogens with one attached hydrogen (secondary N) is 2. The normalized spacial score (nSPS) is 24.6. The van der Waals surface area contributed by atoms with Gasteiger partial charge in [-0.3, -0.25) is 0 Å². The van der Waals surface area contributed by atoms with E-state index < -0.39 is 0 Å². The van der Waals surface area contributed by atoms with Crippen LogP contribution in [0.1, 0.15) is 19.8 Å². The molecule has 1 aliphatic rings. The van der Waals surface area contributed by atoms with Crippen LogP contribution in [0.15, 0.2) is 6.20 Å². The topological polar surface area (TPSA) is 49.8 Å². The number of hydrogen-bond acceptors (Lipinski definition) is 4. The first kappa shape index (κ1) is 12.9. The fraction of sp³-hybridized carbons (Fsp3) is 0.636. The number of piperidine rings is 1. The number of hydrogen-bond donors (Lipinski definition) is 2. The zero-order valence-corrected chi connectivity index (χ0v) is 11.2. The molecule has 0 bridgehead atoms. The predicted molar refractivity (Wildman–Crippen MR) is 70.7 cm³/mol. The van der Waals surface area contributed by atoms with Crippen molar-refractivity contribution in [1.82, 2.24) is 15.3 Å². The Hall–Kier alpha value is -0.580. The smallest absolute Gasteiger partial charge is 0.224 e. The third kappa shape index (κ3) is 3.21. The summed E-state index contributed by atoms with van der Waals surface area (Å²) in [7, 11) is 0. The number of rotatable bonds is 3. The van der Waals surface area contributed by atoms with Gasteiger partial charge < -0.3 is 10.6 Å². The number of nitrogens with zero attached hydrogens (tertiary/aromatic N) is 2. The van der Waals surface area contributed by atoms with Crippen LogP contribution in [-0.2, 0) is 0 Å². The third-order valence-electron chi connectivity index (χ3n) is 3.17. The van der Waals surface area contributed by atoms with Gasteiger partial charge in [-0.2, -0.15) is 4.98 Å². The zero-order valence-electron chi connectivity index (χ0n) is 9.71. The molecule has 94 valence electrons. The fourth-order valence-electron chi connectivity index (χ4n) is 2.16. The molecule has 0 radical (unpaired) electrons. The van der Waals surface area contributed by atoms with Crippen molar-refractivity contribution in [2.75, 3.05) is 18.4 Å². The summed E-state index contributed by atoms with van der Waals surface area (Å²) in [6.07, 6.45) is 3.72. The monoisotopic (exact) mass is 274 g/mol. The minimum Gasteiger partial charge on any atom is -0.366 e. The lowest BCUT2D eigenvalue weighted by molar-refractivity contribution is 0.335. The van der Waals surface area contributed by atoms with Gasteiger partial charge in [0.05, 0.1) is 6.20 Å². The molecular weight excluding hydrogens is 259 g/mol. The van der Waals surface area contributed by atoms with Crippen LogP contribution in [0, 0.1) is 5.92 Å². The second-order valence-corrected chi connectivity index (χ2v) is 4.99. The average molecular weight is 275 g/mol. The molecule has 6 heteroatoms. The van der Waals surface area contributed by atoms with Crippen molar-refractivity contribution >= 4 is 29.0 Å². The van der Waals surface area contributed by atoms with Crippen LogP contribution in [0.3, 0.4) is 0 Å². The summed E-state index contributed by atoms with van der Waals surface area (Å²) in [5.74, 6) is 1.23. The van der Waals surface area contributed by atoms with Crippen molar-refractivity contribution in [2.24, 2.45) is 5.92 Å². The average Bonchev–Trinajstić information content (AvgIpc) is 2.34. The number of anilines is 1. The molecule has 2 N–H and O–H groups in total. The zero-order chi connectivity index (χ0) is 12.3. The van der Waals surface area contributed by atoms with E-state index >= 15 is 0 Å². The summed E-state index contributed by atoms with van der Waals surface area (Å²) < 4.78 is 0. The molecule has 0 aliphatic carbocycles. The second kappa shape index (κ2) is 5.85. The van der Waals surface area contributed by atoms with Crippen LogP contribution in [0.5, 0.6) is 0 Å². The molecule has 1 saturated heterocycles. The van der Waals surface area contributed by atoms with Crippen molar-refractivity contribution in [3.63, 3.8) is 0 Å².